The Bertz CT molecular complexity index is 1050. The van der Waals surface area contributed by atoms with E-state index >= 15 is 0 Å². The van der Waals surface area contributed by atoms with Crippen molar-refractivity contribution in [3.05, 3.63) is 65.0 Å². The van der Waals surface area contributed by atoms with Crippen LogP contribution in [0.15, 0.2) is 64.5 Å². The van der Waals surface area contributed by atoms with Crippen molar-refractivity contribution in [2.75, 3.05) is 13.6 Å². The number of nitrogens with one attached hydrogen (secondary N) is 2. The van der Waals surface area contributed by atoms with Gasteiger partial charge in [-0.25, -0.2) is 13.6 Å². The van der Waals surface area contributed by atoms with Crippen molar-refractivity contribution in [1.29, 1.82) is 0 Å². The number of aliphatic imine (C=N–C) groups is 1. The maximum atomic E-state index is 11.3. The van der Waals surface area contributed by atoms with E-state index in [1.165, 1.54) is 12.1 Å². The molecule has 3 rings (SSSR count). The summed E-state index contributed by atoms with van der Waals surface area (Å²) >= 11 is 1.57. The van der Waals surface area contributed by atoms with E-state index in [9.17, 15) is 13.5 Å². The summed E-state index contributed by atoms with van der Waals surface area (Å²) in [7, 11) is -2.05. The third-order valence-corrected chi connectivity index (χ3v) is 6.32. The van der Waals surface area contributed by atoms with Gasteiger partial charge in [-0.15, -0.1) is 35.3 Å². The lowest BCUT2D eigenvalue weighted by Gasteiger charge is -2.14. The minimum Gasteiger partial charge on any atom is -0.386 e. The molecule has 1 atom stereocenters. The van der Waals surface area contributed by atoms with Gasteiger partial charge < -0.3 is 15.7 Å². The number of hydrogen-bond donors (Lipinski definition) is 4. The highest BCUT2D eigenvalue weighted by Crippen LogP contribution is 2.29. The lowest BCUT2D eigenvalue weighted by Crippen LogP contribution is -2.38. The zero-order chi connectivity index (χ0) is 20.1. The molecule has 0 fully saturated rings. The lowest BCUT2D eigenvalue weighted by molar-refractivity contribution is 0.184. The van der Waals surface area contributed by atoms with Gasteiger partial charge in [0.25, 0.3) is 0 Å². The van der Waals surface area contributed by atoms with Crippen LogP contribution < -0.4 is 15.8 Å². The number of sulfonamides is 1. The molecule has 3 aromatic rings. The first kappa shape index (κ1) is 23.5. The van der Waals surface area contributed by atoms with Crippen LogP contribution in [0.5, 0.6) is 0 Å². The molecule has 7 nitrogen and oxygen atoms in total. The van der Waals surface area contributed by atoms with Gasteiger partial charge in [0.2, 0.25) is 10.0 Å². The van der Waals surface area contributed by atoms with Crippen molar-refractivity contribution < 1.29 is 13.5 Å². The fraction of sp³-hybridized carbons (Fsp3) is 0.211. The van der Waals surface area contributed by atoms with Crippen LogP contribution in [0.4, 0.5) is 0 Å². The second kappa shape index (κ2) is 10.3. The number of primary sulfonamides is 1. The Hall–Kier alpha value is -1.73. The normalized spacial score (nSPS) is 13.0. The molecule has 2 aromatic carbocycles. The maximum Gasteiger partial charge on any atom is 0.238 e. The molecule has 0 aliphatic heterocycles. The van der Waals surface area contributed by atoms with E-state index in [2.05, 4.69) is 15.6 Å². The van der Waals surface area contributed by atoms with Crippen molar-refractivity contribution in [2.45, 2.75) is 17.5 Å². The second-order valence-corrected chi connectivity index (χ2v) is 8.87. The molecule has 0 spiro atoms. The van der Waals surface area contributed by atoms with E-state index in [0.717, 1.165) is 20.5 Å². The summed E-state index contributed by atoms with van der Waals surface area (Å²) in [5, 5.41) is 22.9. The van der Waals surface area contributed by atoms with E-state index in [0.29, 0.717) is 19.0 Å². The Balaban J connectivity index is 0.00000300. The molecule has 1 heterocycles. The number of halogens is 1. The molecule has 10 heteroatoms. The van der Waals surface area contributed by atoms with Gasteiger partial charge in [-0.05, 0) is 35.2 Å². The Morgan fingerprint density at radius 1 is 1.17 bits per heavy atom. The van der Waals surface area contributed by atoms with Crippen LogP contribution in [0.1, 0.15) is 16.5 Å². The number of nitrogens with zero attached hydrogens (tertiary/aromatic N) is 1. The van der Waals surface area contributed by atoms with E-state index in [-0.39, 0.29) is 28.9 Å². The summed E-state index contributed by atoms with van der Waals surface area (Å²) in [6, 6.07) is 16.3. The molecule has 0 aliphatic carbocycles. The highest BCUT2D eigenvalue weighted by molar-refractivity contribution is 14.0. The first-order valence-electron chi connectivity index (χ1n) is 8.59. The third kappa shape index (κ3) is 6.37. The monoisotopic (exact) mass is 546 g/mol. The zero-order valence-corrected chi connectivity index (χ0v) is 19.7. The van der Waals surface area contributed by atoms with E-state index in [1.54, 1.807) is 30.5 Å². The molecule has 0 bridgehead atoms. The topological polar surface area (TPSA) is 117 Å². The number of rotatable bonds is 6. The maximum absolute atomic E-state index is 11.3. The summed E-state index contributed by atoms with van der Waals surface area (Å²) in [6.07, 6.45) is -0.648. The minimum absolute atomic E-state index is 0. The van der Waals surface area contributed by atoms with Gasteiger partial charge in [0.15, 0.2) is 5.96 Å². The number of thiophene rings is 1. The van der Waals surface area contributed by atoms with Gasteiger partial charge in [-0.3, -0.25) is 4.99 Å². The summed E-state index contributed by atoms with van der Waals surface area (Å²) in [5.74, 6) is 0.538. The van der Waals surface area contributed by atoms with Gasteiger partial charge in [0.1, 0.15) is 6.10 Å². The Morgan fingerprint density at radius 2 is 1.86 bits per heavy atom. The SMILES string of the molecule is CN=C(NCc1ccc(S(N)(=O)=O)cc1)NCC(O)c1cc2ccccc2s1.I. The number of guanidine groups is 1. The summed E-state index contributed by atoms with van der Waals surface area (Å²) in [5.41, 5.74) is 0.875. The molecule has 0 aliphatic rings. The van der Waals surface area contributed by atoms with Crippen LogP contribution in [0.2, 0.25) is 0 Å². The molecule has 0 amide bonds. The largest absolute Gasteiger partial charge is 0.386 e. The molecule has 0 saturated heterocycles. The smallest absolute Gasteiger partial charge is 0.238 e. The number of nitrogens with two attached hydrogens (primary N) is 1. The van der Waals surface area contributed by atoms with Crippen molar-refractivity contribution in [2.24, 2.45) is 10.1 Å². The van der Waals surface area contributed by atoms with Gasteiger partial charge >= 0.3 is 0 Å². The zero-order valence-electron chi connectivity index (χ0n) is 15.7. The van der Waals surface area contributed by atoms with Crippen molar-refractivity contribution in [3.8, 4) is 0 Å². The summed E-state index contributed by atoms with van der Waals surface area (Å²) < 4.78 is 23.7. The minimum atomic E-state index is -3.69. The average molecular weight is 546 g/mol. The summed E-state index contributed by atoms with van der Waals surface area (Å²) in [6.45, 7) is 0.764. The molecule has 1 aromatic heterocycles. The van der Waals surface area contributed by atoms with Crippen LogP contribution in [0.3, 0.4) is 0 Å². The molecule has 5 N–H and O–H groups in total. The van der Waals surface area contributed by atoms with Crippen LogP contribution in [0, 0.1) is 0 Å². The number of aliphatic hydroxyl groups is 1. The Morgan fingerprint density at radius 3 is 2.48 bits per heavy atom. The van der Waals surface area contributed by atoms with Crippen LogP contribution in [0.25, 0.3) is 10.1 Å². The van der Waals surface area contributed by atoms with Crippen LogP contribution in [-0.4, -0.2) is 33.1 Å². The molecular weight excluding hydrogens is 523 g/mol. The Labute approximate surface area is 191 Å². The third-order valence-electron chi connectivity index (χ3n) is 4.17. The van der Waals surface area contributed by atoms with Crippen molar-refractivity contribution in [3.63, 3.8) is 0 Å². The molecule has 0 saturated carbocycles. The summed E-state index contributed by atoms with van der Waals surface area (Å²) in [4.78, 5) is 5.10. The van der Waals surface area contributed by atoms with Gasteiger partial charge in [0, 0.05) is 29.7 Å². The fourth-order valence-electron chi connectivity index (χ4n) is 2.66. The predicted octanol–water partition coefficient (Wildman–Crippen LogP) is 2.57. The van der Waals surface area contributed by atoms with E-state index in [1.807, 2.05) is 30.3 Å². The van der Waals surface area contributed by atoms with E-state index < -0.39 is 16.1 Å². The first-order chi connectivity index (χ1) is 13.4. The standard InChI is InChI=1S/C19H22N4O3S2.HI/c1-21-19(22-11-13-6-8-15(9-7-13)28(20,25)26)23-12-16(24)18-10-14-4-2-3-5-17(14)27-18;/h2-10,16,24H,11-12H2,1H3,(H2,20,25,26)(H2,21,22,23);1H. The van der Waals surface area contributed by atoms with E-state index in [4.69, 9.17) is 5.14 Å². The number of aliphatic hydroxyl groups excluding tert-OH is 1. The van der Waals surface area contributed by atoms with Crippen molar-refractivity contribution >= 4 is 61.4 Å². The molecule has 1 unspecified atom stereocenters. The highest BCUT2D eigenvalue weighted by Gasteiger charge is 2.12. The first-order valence-corrected chi connectivity index (χ1v) is 11.0. The number of fused-ring (bicyclic) bond motifs is 1. The number of benzene rings is 2. The van der Waals surface area contributed by atoms with Crippen LogP contribution in [-0.2, 0) is 16.6 Å². The average Bonchev–Trinajstić information content (AvgIpc) is 3.12. The van der Waals surface area contributed by atoms with Gasteiger partial charge in [-0.1, -0.05) is 30.3 Å². The quantitative estimate of drug-likeness (QED) is 0.216. The molecular formula is C19H23IN4O3S2. The predicted molar refractivity (Wildman–Crippen MR) is 128 cm³/mol. The lowest BCUT2D eigenvalue weighted by atomic mass is 10.2. The molecule has 29 heavy (non-hydrogen) atoms. The fourth-order valence-corrected chi connectivity index (χ4v) is 4.23. The molecule has 156 valence electrons. The van der Waals surface area contributed by atoms with Gasteiger partial charge in [0.05, 0.1) is 4.90 Å². The van der Waals surface area contributed by atoms with Crippen molar-refractivity contribution in [1.82, 2.24) is 10.6 Å². The van der Waals surface area contributed by atoms with Gasteiger partial charge in [-0.2, -0.15) is 0 Å². The second-order valence-electron chi connectivity index (χ2n) is 6.20. The Kier molecular flexibility index (Phi) is 8.40. The molecule has 0 radical (unpaired) electrons. The number of hydrogen-bond acceptors (Lipinski definition) is 5. The van der Waals surface area contributed by atoms with Crippen LogP contribution >= 0.6 is 35.3 Å². The highest BCUT2D eigenvalue weighted by atomic mass is 127.